The van der Waals surface area contributed by atoms with Gasteiger partial charge in [-0.3, -0.25) is 0 Å². The zero-order valence-corrected chi connectivity index (χ0v) is 18.7. The van der Waals surface area contributed by atoms with E-state index >= 15 is 0 Å². The molecule has 0 saturated carbocycles. The highest BCUT2D eigenvalue weighted by Crippen LogP contribution is 2.48. The molecule has 0 bridgehead atoms. The van der Waals surface area contributed by atoms with Gasteiger partial charge in [0.1, 0.15) is 6.79 Å². The van der Waals surface area contributed by atoms with Crippen LogP contribution in [0.2, 0.25) is 0 Å². The molecule has 1 spiro atoms. The van der Waals surface area contributed by atoms with E-state index in [0.29, 0.717) is 44.2 Å². The molecule has 0 unspecified atom stereocenters. The second-order valence-corrected chi connectivity index (χ2v) is 7.99. The van der Waals surface area contributed by atoms with Crippen LogP contribution in [0.4, 0.5) is 0 Å². The zero-order valence-electron chi connectivity index (χ0n) is 18.7. The van der Waals surface area contributed by atoms with E-state index in [1.807, 2.05) is 25.1 Å². The van der Waals surface area contributed by atoms with Gasteiger partial charge < -0.3 is 33.7 Å². The van der Waals surface area contributed by atoms with E-state index < -0.39 is 5.97 Å². The van der Waals surface area contributed by atoms with E-state index in [4.69, 9.17) is 23.7 Å². The quantitative estimate of drug-likeness (QED) is 0.640. The minimum absolute atomic E-state index is 0.180. The van der Waals surface area contributed by atoms with Crippen LogP contribution in [-0.4, -0.2) is 69.0 Å². The summed E-state index contributed by atoms with van der Waals surface area (Å²) in [5.74, 6) is 0.555. The highest BCUT2D eigenvalue weighted by Gasteiger charge is 2.45. The van der Waals surface area contributed by atoms with Crippen molar-refractivity contribution in [3.05, 3.63) is 41.1 Å². The highest BCUT2D eigenvalue weighted by molar-refractivity contribution is 5.89. The number of carboxylic acid groups (broad SMARTS) is 1. The summed E-state index contributed by atoms with van der Waals surface area (Å²) in [4.78, 5) is 21.8. The fourth-order valence-electron chi connectivity index (χ4n) is 4.61. The summed E-state index contributed by atoms with van der Waals surface area (Å²) < 4.78 is 22.4. The first kappa shape index (κ1) is 23.8. The second-order valence-electron chi connectivity index (χ2n) is 7.99. The molecule has 0 aromatic heterocycles. The van der Waals surface area contributed by atoms with Gasteiger partial charge >= 0.3 is 5.97 Å². The SMILES string of the molecule is C=O.COCCCOc1cc2c(cc1OC)C1=CCC(C(=O)O)=CN1C1(CCOCC1)C2. The molecule has 174 valence electrons. The van der Waals surface area contributed by atoms with Crippen LogP contribution in [0.3, 0.4) is 0 Å². The number of ether oxygens (including phenoxy) is 4. The first-order valence-corrected chi connectivity index (χ1v) is 10.7. The van der Waals surface area contributed by atoms with Gasteiger partial charge in [0.2, 0.25) is 0 Å². The van der Waals surface area contributed by atoms with Crippen molar-refractivity contribution in [1.82, 2.24) is 4.90 Å². The monoisotopic (exact) mass is 445 g/mol. The minimum Gasteiger partial charge on any atom is -0.493 e. The number of rotatable bonds is 7. The molecule has 32 heavy (non-hydrogen) atoms. The van der Waals surface area contributed by atoms with E-state index in [2.05, 4.69) is 11.0 Å². The van der Waals surface area contributed by atoms with Crippen LogP contribution in [0.5, 0.6) is 11.5 Å². The van der Waals surface area contributed by atoms with E-state index in [0.717, 1.165) is 42.7 Å². The minimum atomic E-state index is -0.865. The van der Waals surface area contributed by atoms with Crippen molar-refractivity contribution in [3.8, 4) is 11.5 Å². The Morgan fingerprint density at radius 3 is 2.59 bits per heavy atom. The number of allylic oxidation sites excluding steroid dienone is 1. The van der Waals surface area contributed by atoms with Crippen molar-refractivity contribution < 1.29 is 33.6 Å². The lowest BCUT2D eigenvalue weighted by Crippen LogP contribution is -2.53. The fourth-order valence-corrected chi connectivity index (χ4v) is 4.61. The second kappa shape index (κ2) is 10.7. The number of benzene rings is 1. The third-order valence-electron chi connectivity index (χ3n) is 6.20. The molecule has 8 heteroatoms. The molecule has 3 heterocycles. The standard InChI is InChI=1S/C23H29NO6.CH2O/c1-27-8-3-9-30-21-12-17-14-23(6-10-29-11-7-23)24-15-16(22(25)26)4-5-19(24)18(17)13-20(21)28-2;1-2/h5,12-13,15H,3-4,6-11,14H2,1-2H3,(H,25,26);1H2. The van der Waals surface area contributed by atoms with Gasteiger partial charge in [0, 0.05) is 57.2 Å². The lowest BCUT2D eigenvalue weighted by Gasteiger charge is -2.51. The average Bonchev–Trinajstić information content (AvgIpc) is 2.83. The maximum absolute atomic E-state index is 11.6. The van der Waals surface area contributed by atoms with Gasteiger partial charge in [-0.2, -0.15) is 0 Å². The van der Waals surface area contributed by atoms with Crippen molar-refractivity contribution in [2.24, 2.45) is 0 Å². The molecule has 1 N–H and O–H groups in total. The topological polar surface area (TPSA) is 94.5 Å². The van der Waals surface area contributed by atoms with E-state index in [9.17, 15) is 9.90 Å². The summed E-state index contributed by atoms with van der Waals surface area (Å²) in [6.07, 6.45) is 7.58. The van der Waals surface area contributed by atoms with Crippen molar-refractivity contribution >= 4 is 18.5 Å². The number of hydrogen-bond donors (Lipinski definition) is 1. The molecule has 1 aromatic carbocycles. The van der Waals surface area contributed by atoms with E-state index in [1.54, 1.807) is 14.2 Å². The molecule has 1 aromatic rings. The van der Waals surface area contributed by atoms with Crippen molar-refractivity contribution in [2.45, 2.75) is 37.6 Å². The number of fused-ring (bicyclic) bond motifs is 4. The largest absolute Gasteiger partial charge is 0.493 e. The predicted molar refractivity (Wildman–Crippen MR) is 119 cm³/mol. The Morgan fingerprint density at radius 1 is 1.19 bits per heavy atom. The molecule has 0 atom stereocenters. The lowest BCUT2D eigenvalue weighted by atomic mass is 9.75. The molecule has 8 nitrogen and oxygen atoms in total. The van der Waals surface area contributed by atoms with Crippen LogP contribution >= 0.6 is 0 Å². The van der Waals surface area contributed by atoms with Gasteiger partial charge in [0.15, 0.2) is 11.5 Å². The Balaban J connectivity index is 0.00000141. The number of carbonyl (C=O) groups is 2. The maximum Gasteiger partial charge on any atom is 0.333 e. The zero-order chi connectivity index (χ0) is 23.1. The number of hydrogen-bond acceptors (Lipinski definition) is 7. The summed E-state index contributed by atoms with van der Waals surface area (Å²) in [7, 11) is 3.32. The number of carboxylic acids is 1. The van der Waals surface area contributed by atoms with Gasteiger partial charge in [-0.05, 0) is 37.0 Å². The number of methoxy groups -OCH3 is 2. The summed E-state index contributed by atoms with van der Waals surface area (Å²) in [6.45, 7) is 4.55. The smallest absolute Gasteiger partial charge is 0.333 e. The molecule has 4 rings (SSSR count). The van der Waals surface area contributed by atoms with Gasteiger partial charge in [-0.1, -0.05) is 6.08 Å². The Bertz CT molecular complexity index is 887. The van der Waals surface area contributed by atoms with Crippen LogP contribution in [0.1, 0.15) is 36.8 Å². The van der Waals surface area contributed by atoms with Crippen LogP contribution in [-0.2, 0) is 25.5 Å². The molecule has 3 aliphatic heterocycles. The summed E-state index contributed by atoms with van der Waals surface area (Å²) in [6, 6.07) is 4.11. The number of nitrogens with zero attached hydrogens (tertiary/aromatic N) is 1. The van der Waals surface area contributed by atoms with Crippen LogP contribution < -0.4 is 9.47 Å². The Morgan fingerprint density at radius 2 is 1.94 bits per heavy atom. The molecule has 0 amide bonds. The number of carbonyl (C=O) groups excluding carboxylic acids is 1. The molecule has 0 aliphatic carbocycles. The summed E-state index contributed by atoms with van der Waals surface area (Å²) in [5, 5.41) is 9.56. The predicted octanol–water partition coefficient (Wildman–Crippen LogP) is 3.05. The molecule has 1 fully saturated rings. The fraction of sp³-hybridized carbons (Fsp3) is 0.500. The van der Waals surface area contributed by atoms with E-state index in [-0.39, 0.29) is 5.54 Å². The normalized spacial score (nSPS) is 18.4. The first-order valence-electron chi connectivity index (χ1n) is 10.7. The number of aliphatic carboxylic acids is 1. The molecular formula is C24H31NO7. The average molecular weight is 446 g/mol. The van der Waals surface area contributed by atoms with Crippen LogP contribution in [0.15, 0.2) is 30.0 Å². The molecule has 3 aliphatic rings. The first-order chi connectivity index (χ1) is 15.6. The van der Waals surface area contributed by atoms with Gasteiger partial charge in [0.05, 0.1) is 24.8 Å². The Kier molecular flexibility index (Phi) is 7.93. The van der Waals surface area contributed by atoms with Crippen molar-refractivity contribution in [1.29, 1.82) is 0 Å². The van der Waals surface area contributed by atoms with Gasteiger partial charge in [-0.25, -0.2) is 4.79 Å². The van der Waals surface area contributed by atoms with Crippen LogP contribution in [0.25, 0.3) is 5.70 Å². The van der Waals surface area contributed by atoms with Crippen molar-refractivity contribution in [2.75, 3.05) is 40.6 Å². The Labute approximate surface area is 188 Å². The molecule has 0 radical (unpaired) electrons. The molecule has 1 saturated heterocycles. The Hall–Kier alpha value is -2.84. The van der Waals surface area contributed by atoms with E-state index in [1.165, 1.54) is 5.56 Å². The maximum atomic E-state index is 11.6. The van der Waals surface area contributed by atoms with Crippen molar-refractivity contribution in [3.63, 3.8) is 0 Å². The third-order valence-corrected chi connectivity index (χ3v) is 6.20. The lowest BCUT2D eigenvalue weighted by molar-refractivity contribution is -0.132. The van der Waals surface area contributed by atoms with Gasteiger partial charge in [0.25, 0.3) is 0 Å². The van der Waals surface area contributed by atoms with Crippen LogP contribution in [0, 0.1) is 0 Å². The summed E-state index contributed by atoms with van der Waals surface area (Å²) in [5.41, 5.74) is 3.56. The highest BCUT2D eigenvalue weighted by atomic mass is 16.5. The van der Waals surface area contributed by atoms with Gasteiger partial charge in [-0.15, -0.1) is 0 Å². The molecular weight excluding hydrogens is 414 g/mol. The third kappa shape index (κ3) is 4.66. The summed E-state index contributed by atoms with van der Waals surface area (Å²) >= 11 is 0.